The Bertz CT molecular complexity index is 346. The largest absolute Gasteiger partial charge is 0.481 e. The first-order valence-corrected chi connectivity index (χ1v) is 6.70. The lowest BCUT2D eigenvalue weighted by Gasteiger charge is -2.45. The van der Waals surface area contributed by atoms with Gasteiger partial charge in [-0.05, 0) is 50.0 Å². The third-order valence-electron chi connectivity index (χ3n) is 4.71. The molecule has 1 aliphatic heterocycles. The molecule has 2 rings (SSSR count). The molecule has 1 heterocycles. The number of carbonyl (C=O) groups excluding carboxylic acids is 1. The van der Waals surface area contributed by atoms with Gasteiger partial charge in [0.15, 0.2) is 0 Å². The Morgan fingerprint density at radius 2 is 1.72 bits per heavy atom. The van der Waals surface area contributed by atoms with Crippen molar-refractivity contribution in [3.63, 3.8) is 0 Å². The molecule has 0 radical (unpaired) electrons. The number of aliphatic carboxylic acids is 1. The maximum Gasteiger partial charge on any atom is 0.306 e. The van der Waals surface area contributed by atoms with Crippen LogP contribution in [0, 0.1) is 11.3 Å². The summed E-state index contributed by atoms with van der Waals surface area (Å²) in [6.45, 7) is 5.10. The molecule has 1 saturated carbocycles. The third-order valence-corrected chi connectivity index (χ3v) is 4.71. The number of carbonyl (C=O) groups is 2. The van der Waals surface area contributed by atoms with Gasteiger partial charge in [-0.25, -0.2) is 0 Å². The van der Waals surface area contributed by atoms with Gasteiger partial charge in [0, 0.05) is 13.1 Å². The van der Waals surface area contributed by atoms with E-state index in [1.165, 1.54) is 6.08 Å². The number of carboxylic acids is 1. The van der Waals surface area contributed by atoms with Crippen molar-refractivity contribution in [1.82, 2.24) is 4.90 Å². The summed E-state index contributed by atoms with van der Waals surface area (Å²) in [5.41, 5.74) is 0.296. The smallest absolute Gasteiger partial charge is 0.306 e. The van der Waals surface area contributed by atoms with Crippen LogP contribution in [0.3, 0.4) is 0 Å². The molecule has 0 atom stereocenters. The monoisotopic (exact) mass is 251 g/mol. The van der Waals surface area contributed by atoms with Crippen LogP contribution in [0.1, 0.15) is 38.5 Å². The van der Waals surface area contributed by atoms with Crippen LogP contribution in [-0.2, 0) is 9.59 Å². The molecule has 0 aromatic carbocycles. The van der Waals surface area contributed by atoms with E-state index in [-0.39, 0.29) is 11.8 Å². The molecular formula is C14H21NO3. The predicted molar refractivity (Wildman–Crippen MR) is 68.0 cm³/mol. The predicted octanol–water partition coefficient (Wildman–Crippen LogP) is 2.06. The Morgan fingerprint density at radius 3 is 2.17 bits per heavy atom. The van der Waals surface area contributed by atoms with Crippen molar-refractivity contribution in [3.05, 3.63) is 12.7 Å². The van der Waals surface area contributed by atoms with Crippen LogP contribution in [0.4, 0.5) is 0 Å². The highest BCUT2D eigenvalue weighted by atomic mass is 16.4. The Hall–Kier alpha value is -1.32. The van der Waals surface area contributed by atoms with Crippen LogP contribution in [0.15, 0.2) is 12.7 Å². The quantitative estimate of drug-likeness (QED) is 0.764. The van der Waals surface area contributed by atoms with Crippen molar-refractivity contribution in [3.8, 4) is 0 Å². The van der Waals surface area contributed by atoms with Crippen LogP contribution in [0.25, 0.3) is 0 Å². The highest BCUT2D eigenvalue weighted by Gasteiger charge is 2.40. The molecule has 18 heavy (non-hydrogen) atoms. The second-order valence-electron chi connectivity index (χ2n) is 5.64. The number of carboxylic acid groups (broad SMARTS) is 1. The maximum absolute atomic E-state index is 11.5. The van der Waals surface area contributed by atoms with Gasteiger partial charge in [-0.2, -0.15) is 0 Å². The van der Waals surface area contributed by atoms with Gasteiger partial charge in [0.1, 0.15) is 0 Å². The second kappa shape index (κ2) is 5.12. The molecule has 0 bridgehead atoms. The second-order valence-corrected chi connectivity index (χ2v) is 5.64. The highest BCUT2D eigenvalue weighted by molar-refractivity contribution is 5.87. The van der Waals surface area contributed by atoms with Crippen molar-refractivity contribution in [2.75, 3.05) is 13.1 Å². The minimum atomic E-state index is -0.649. The normalized spacial score (nSPS) is 23.9. The standard InChI is InChI=1S/C14H21NO3/c1-2-12(16)15-9-7-14(8-10-15)5-3-11(4-6-14)13(17)18/h2,11H,1,3-10H2,(H,17,18). The molecule has 1 saturated heterocycles. The molecular weight excluding hydrogens is 230 g/mol. The van der Waals surface area contributed by atoms with E-state index >= 15 is 0 Å². The van der Waals surface area contributed by atoms with Crippen molar-refractivity contribution in [2.24, 2.45) is 11.3 Å². The fourth-order valence-electron chi connectivity index (χ4n) is 3.31. The molecule has 0 unspecified atom stereocenters. The summed E-state index contributed by atoms with van der Waals surface area (Å²) >= 11 is 0. The Morgan fingerprint density at radius 1 is 1.17 bits per heavy atom. The summed E-state index contributed by atoms with van der Waals surface area (Å²) < 4.78 is 0. The molecule has 1 spiro atoms. The van der Waals surface area contributed by atoms with Crippen LogP contribution >= 0.6 is 0 Å². The molecule has 2 fully saturated rings. The van der Waals surface area contributed by atoms with E-state index in [1.807, 2.05) is 4.90 Å². The summed E-state index contributed by atoms with van der Waals surface area (Å²) in [7, 11) is 0. The minimum Gasteiger partial charge on any atom is -0.481 e. The number of rotatable bonds is 2. The first kappa shape index (κ1) is 13.1. The van der Waals surface area contributed by atoms with Crippen LogP contribution in [0.2, 0.25) is 0 Å². The summed E-state index contributed by atoms with van der Waals surface area (Å²) in [4.78, 5) is 24.3. The first-order valence-electron chi connectivity index (χ1n) is 6.70. The number of piperidine rings is 1. The maximum atomic E-state index is 11.5. The minimum absolute atomic E-state index is 0.0177. The van der Waals surface area contributed by atoms with Gasteiger partial charge < -0.3 is 10.0 Å². The van der Waals surface area contributed by atoms with Crippen molar-refractivity contribution in [1.29, 1.82) is 0 Å². The molecule has 2 aliphatic rings. The molecule has 1 aliphatic carbocycles. The number of hydrogen-bond acceptors (Lipinski definition) is 2. The lowest BCUT2D eigenvalue weighted by atomic mass is 9.65. The number of hydrogen-bond donors (Lipinski definition) is 1. The Labute approximate surface area is 108 Å². The van der Waals surface area contributed by atoms with Crippen LogP contribution in [-0.4, -0.2) is 35.0 Å². The molecule has 1 amide bonds. The number of likely N-dealkylation sites (tertiary alicyclic amines) is 1. The lowest BCUT2D eigenvalue weighted by molar-refractivity contribution is -0.144. The summed E-state index contributed by atoms with van der Waals surface area (Å²) in [6, 6.07) is 0. The fraction of sp³-hybridized carbons (Fsp3) is 0.714. The fourth-order valence-corrected chi connectivity index (χ4v) is 3.31. The van der Waals surface area contributed by atoms with Gasteiger partial charge in [-0.3, -0.25) is 9.59 Å². The zero-order valence-corrected chi connectivity index (χ0v) is 10.7. The van der Waals surface area contributed by atoms with E-state index in [9.17, 15) is 9.59 Å². The van der Waals surface area contributed by atoms with E-state index in [0.29, 0.717) is 5.41 Å². The van der Waals surface area contributed by atoms with Gasteiger partial charge in [0.05, 0.1) is 5.92 Å². The number of nitrogens with zero attached hydrogens (tertiary/aromatic N) is 1. The van der Waals surface area contributed by atoms with E-state index in [4.69, 9.17) is 5.11 Å². The summed E-state index contributed by atoms with van der Waals surface area (Å²) in [5.74, 6) is -0.781. The van der Waals surface area contributed by atoms with E-state index in [0.717, 1.165) is 51.6 Å². The van der Waals surface area contributed by atoms with Gasteiger partial charge in [-0.1, -0.05) is 6.58 Å². The zero-order chi connectivity index (χ0) is 13.2. The average molecular weight is 251 g/mol. The molecule has 1 N–H and O–H groups in total. The van der Waals surface area contributed by atoms with E-state index in [1.54, 1.807) is 0 Å². The SMILES string of the molecule is C=CC(=O)N1CCC2(CCC(C(=O)O)CC2)CC1. The van der Waals surface area contributed by atoms with Crippen molar-refractivity contribution >= 4 is 11.9 Å². The summed E-state index contributed by atoms with van der Waals surface area (Å²) in [6.07, 6.45) is 6.99. The van der Waals surface area contributed by atoms with E-state index in [2.05, 4.69) is 6.58 Å². The molecule has 4 nitrogen and oxygen atoms in total. The molecule has 0 aromatic rings. The van der Waals surface area contributed by atoms with Gasteiger partial charge in [-0.15, -0.1) is 0 Å². The summed E-state index contributed by atoms with van der Waals surface area (Å²) in [5, 5.41) is 9.01. The van der Waals surface area contributed by atoms with Crippen LogP contribution in [0.5, 0.6) is 0 Å². The first-order chi connectivity index (χ1) is 8.56. The molecule has 0 aromatic heterocycles. The van der Waals surface area contributed by atoms with E-state index < -0.39 is 5.97 Å². The molecule has 4 heteroatoms. The van der Waals surface area contributed by atoms with Crippen LogP contribution < -0.4 is 0 Å². The van der Waals surface area contributed by atoms with Crippen molar-refractivity contribution < 1.29 is 14.7 Å². The third kappa shape index (κ3) is 2.57. The highest BCUT2D eigenvalue weighted by Crippen LogP contribution is 2.46. The number of amides is 1. The molecule has 100 valence electrons. The average Bonchev–Trinajstić information content (AvgIpc) is 2.39. The van der Waals surface area contributed by atoms with Gasteiger partial charge in [0.2, 0.25) is 5.91 Å². The Balaban J connectivity index is 1.88. The topological polar surface area (TPSA) is 57.6 Å². The Kier molecular flexibility index (Phi) is 3.73. The lowest BCUT2D eigenvalue weighted by Crippen LogP contribution is -2.44. The zero-order valence-electron chi connectivity index (χ0n) is 10.7. The van der Waals surface area contributed by atoms with Gasteiger partial charge in [0.25, 0.3) is 0 Å². The van der Waals surface area contributed by atoms with Gasteiger partial charge >= 0.3 is 5.97 Å². The van der Waals surface area contributed by atoms with Crippen molar-refractivity contribution in [2.45, 2.75) is 38.5 Å².